The van der Waals surface area contributed by atoms with Gasteiger partial charge in [-0.2, -0.15) is 0 Å². The Hall–Kier alpha value is -4.11. The number of carbonyl (C=O) groups is 5. The fraction of sp³-hybridized carbons (Fsp3) is 0.125. The number of hydrogen-bond acceptors (Lipinski definition) is 6. The third-order valence-electron chi connectivity index (χ3n) is 5.10. The zero-order chi connectivity index (χ0) is 23.4. The average Bonchev–Trinajstić information content (AvgIpc) is 3.42. The Morgan fingerprint density at radius 3 is 2.15 bits per heavy atom. The van der Waals surface area contributed by atoms with Crippen LogP contribution in [-0.2, 0) is 16.0 Å². The third-order valence-corrected chi connectivity index (χ3v) is 6.04. The summed E-state index contributed by atoms with van der Waals surface area (Å²) in [6.45, 7) is -0.459. The van der Waals surface area contributed by atoms with Crippen molar-refractivity contribution in [1.82, 2.24) is 9.80 Å². The first-order chi connectivity index (χ1) is 15.9. The van der Waals surface area contributed by atoms with Crippen molar-refractivity contribution in [2.45, 2.75) is 6.42 Å². The lowest BCUT2D eigenvalue weighted by molar-refractivity contribution is -0.143. The molecule has 0 saturated carbocycles. The summed E-state index contributed by atoms with van der Waals surface area (Å²) >= 11 is 1.49. The van der Waals surface area contributed by atoms with Gasteiger partial charge >= 0.3 is 17.8 Å². The summed E-state index contributed by atoms with van der Waals surface area (Å²) in [6.07, 6.45) is 0.445. The maximum Gasteiger partial charge on any atom is 0.334 e. The number of ketones is 1. The molecule has 0 aliphatic carbocycles. The van der Waals surface area contributed by atoms with E-state index in [9.17, 15) is 24.0 Å². The van der Waals surface area contributed by atoms with Crippen molar-refractivity contribution in [3.63, 3.8) is 0 Å². The molecule has 1 fully saturated rings. The van der Waals surface area contributed by atoms with Gasteiger partial charge in [-0.05, 0) is 47.8 Å². The van der Waals surface area contributed by atoms with E-state index in [1.54, 1.807) is 36.4 Å². The van der Waals surface area contributed by atoms with E-state index in [2.05, 4.69) is 5.32 Å². The Morgan fingerprint density at radius 2 is 1.48 bits per heavy atom. The molecule has 2 aromatic carbocycles. The Balaban J connectivity index is 1.37. The quantitative estimate of drug-likeness (QED) is 0.315. The summed E-state index contributed by atoms with van der Waals surface area (Å²) in [4.78, 5) is 64.5. The first-order valence-electron chi connectivity index (χ1n) is 10.1. The molecule has 4 rings (SSSR count). The predicted molar refractivity (Wildman–Crippen MR) is 122 cm³/mol. The Kier molecular flexibility index (Phi) is 6.41. The Labute approximate surface area is 193 Å². The summed E-state index contributed by atoms with van der Waals surface area (Å²) < 4.78 is 0. The second-order valence-electron chi connectivity index (χ2n) is 7.28. The predicted octanol–water partition coefficient (Wildman–Crippen LogP) is 3.22. The van der Waals surface area contributed by atoms with Crippen LogP contribution in [0.3, 0.4) is 0 Å². The van der Waals surface area contributed by atoms with E-state index in [1.807, 2.05) is 23.6 Å². The smallest absolute Gasteiger partial charge is 0.322 e. The van der Waals surface area contributed by atoms with Gasteiger partial charge in [-0.15, -0.1) is 11.3 Å². The average molecular weight is 461 g/mol. The summed E-state index contributed by atoms with van der Waals surface area (Å²) in [6, 6.07) is 17.7. The molecule has 0 radical (unpaired) electrons. The molecule has 1 N–H and O–H groups in total. The van der Waals surface area contributed by atoms with Crippen molar-refractivity contribution in [2.75, 3.05) is 18.4 Å². The summed E-state index contributed by atoms with van der Waals surface area (Å²) in [5.41, 5.74) is 1.23. The lowest BCUT2D eigenvalue weighted by Crippen LogP contribution is -2.37. The fourth-order valence-electron chi connectivity index (χ4n) is 3.33. The maximum absolute atomic E-state index is 12.6. The van der Waals surface area contributed by atoms with Crippen LogP contribution in [-0.4, -0.2) is 52.4 Å². The highest BCUT2D eigenvalue weighted by molar-refractivity contribution is 7.09. The number of nitrogens with zero attached hydrogens (tertiary/aromatic N) is 2. The molecule has 1 aromatic heterocycles. The number of anilines is 1. The van der Waals surface area contributed by atoms with Crippen LogP contribution in [0.4, 0.5) is 10.5 Å². The lowest BCUT2D eigenvalue weighted by Gasteiger charge is -2.15. The van der Waals surface area contributed by atoms with Crippen molar-refractivity contribution in [2.24, 2.45) is 0 Å². The van der Waals surface area contributed by atoms with Crippen molar-refractivity contribution in [1.29, 1.82) is 0 Å². The van der Waals surface area contributed by atoms with Crippen LogP contribution < -0.4 is 5.32 Å². The third kappa shape index (κ3) is 4.88. The van der Waals surface area contributed by atoms with Gasteiger partial charge in [0.25, 0.3) is 5.91 Å². The molecule has 1 saturated heterocycles. The Bertz CT molecular complexity index is 1210. The zero-order valence-electron chi connectivity index (χ0n) is 17.4. The van der Waals surface area contributed by atoms with Crippen molar-refractivity contribution in [3.8, 4) is 0 Å². The van der Waals surface area contributed by atoms with Gasteiger partial charge in [0.15, 0.2) is 5.78 Å². The molecule has 1 aliphatic rings. The van der Waals surface area contributed by atoms with Gasteiger partial charge in [-0.3, -0.25) is 24.1 Å². The van der Waals surface area contributed by atoms with E-state index in [-0.39, 0.29) is 18.0 Å². The molecule has 166 valence electrons. The van der Waals surface area contributed by atoms with Crippen LogP contribution in [0.2, 0.25) is 0 Å². The minimum atomic E-state index is -1.01. The van der Waals surface area contributed by atoms with E-state index >= 15 is 0 Å². The molecule has 0 atom stereocenters. The van der Waals surface area contributed by atoms with Crippen molar-refractivity contribution >= 4 is 46.6 Å². The van der Waals surface area contributed by atoms with Crippen molar-refractivity contribution in [3.05, 3.63) is 88.1 Å². The number of hydrogen-bond donors (Lipinski definition) is 1. The summed E-state index contributed by atoms with van der Waals surface area (Å²) in [5, 5.41) is 4.62. The van der Waals surface area contributed by atoms with Gasteiger partial charge in [-0.25, -0.2) is 9.69 Å². The van der Waals surface area contributed by atoms with E-state index in [0.717, 1.165) is 9.78 Å². The minimum Gasteiger partial charge on any atom is -0.322 e. The van der Waals surface area contributed by atoms with Gasteiger partial charge in [0.2, 0.25) is 0 Å². The standard InChI is InChI=1S/C24H19N3O5S/c28-20(16-8-10-18(11-9-16)25-21(29)17-5-2-1-3-6-17)15-27-23(31)22(30)26(24(27)32)13-12-19-7-4-14-33-19/h1-11,14H,12-13,15H2,(H,25,29). The first-order valence-corrected chi connectivity index (χ1v) is 11.0. The van der Waals surface area contributed by atoms with E-state index in [1.165, 1.54) is 23.5 Å². The van der Waals surface area contributed by atoms with E-state index in [4.69, 9.17) is 0 Å². The molecule has 0 unspecified atom stereocenters. The molecule has 2 heterocycles. The molecule has 0 spiro atoms. The molecule has 9 heteroatoms. The number of benzene rings is 2. The first kappa shape index (κ1) is 22.1. The monoisotopic (exact) mass is 461 g/mol. The highest BCUT2D eigenvalue weighted by Crippen LogP contribution is 2.17. The Morgan fingerprint density at radius 1 is 0.788 bits per heavy atom. The SMILES string of the molecule is O=C(CN1C(=O)C(=O)N(CCc2cccs2)C1=O)c1ccc(NC(=O)c2ccccc2)cc1. The number of carbonyl (C=O) groups excluding carboxylic acids is 5. The lowest BCUT2D eigenvalue weighted by atomic mass is 10.1. The van der Waals surface area contributed by atoms with Gasteiger partial charge < -0.3 is 5.32 Å². The molecule has 33 heavy (non-hydrogen) atoms. The fourth-order valence-corrected chi connectivity index (χ4v) is 4.03. The van der Waals surface area contributed by atoms with Gasteiger partial charge in [0.05, 0.1) is 6.54 Å². The van der Waals surface area contributed by atoms with Gasteiger partial charge in [0.1, 0.15) is 0 Å². The summed E-state index contributed by atoms with van der Waals surface area (Å²) in [5.74, 6) is -2.72. The number of imide groups is 2. The maximum atomic E-state index is 12.6. The molecule has 5 amide bonds. The number of rotatable bonds is 8. The normalized spacial score (nSPS) is 13.5. The number of urea groups is 1. The van der Waals surface area contributed by atoms with E-state index in [0.29, 0.717) is 22.6 Å². The number of Topliss-reactive ketones (excluding diaryl/α,β-unsaturated/α-hetero) is 1. The van der Waals surface area contributed by atoms with Gasteiger partial charge in [-0.1, -0.05) is 24.3 Å². The van der Waals surface area contributed by atoms with Crippen LogP contribution in [0.15, 0.2) is 72.1 Å². The number of thiophene rings is 1. The molecular weight excluding hydrogens is 442 g/mol. The zero-order valence-corrected chi connectivity index (χ0v) is 18.2. The van der Waals surface area contributed by atoms with Crippen LogP contribution in [0.25, 0.3) is 0 Å². The largest absolute Gasteiger partial charge is 0.334 e. The van der Waals surface area contributed by atoms with E-state index < -0.39 is 30.2 Å². The minimum absolute atomic E-state index is 0.0738. The van der Waals surface area contributed by atoms with Crippen LogP contribution in [0.5, 0.6) is 0 Å². The highest BCUT2D eigenvalue weighted by atomic mass is 32.1. The van der Waals surface area contributed by atoms with Crippen LogP contribution in [0, 0.1) is 0 Å². The number of nitrogens with one attached hydrogen (secondary N) is 1. The molecule has 1 aliphatic heterocycles. The molecular formula is C24H19N3O5S. The van der Waals surface area contributed by atoms with Crippen LogP contribution >= 0.6 is 11.3 Å². The topological polar surface area (TPSA) is 104 Å². The molecule has 0 bridgehead atoms. The molecule has 3 aromatic rings. The number of amides is 5. The van der Waals surface area contributed by atoms with Crippen molar-refractivity contribution < 1.29 is 24.0 Å². The highest BCUT2D eigenvalue weighted by Gasteiger charge is 2.44. The second-order valence-corrected chi connectivity index (χ2v) is 8.31. The molecule has 8 nitrogen and oxygen atoms in total. The van der Waals surface area contributed by atoms with Crippen LogP contribution in [0.1, 0.15) is 25.6 Å². The second kappa shape index (κ2) is 9.58. The summed E-state index contributed by atoms with van der Waals surface area (Å²) in [7, 11) is 0. The van der Waals surface area contributed by atoms with Gasteiger partial charge in [0, 0.05) is 34.7 Å².